The van der Waals surface area contributed by atoms with E-state index < -0.39 is 0 Å². The molecule has 0 bridgehead atoms. The lowest BCUT2D eigenvalue weighted by atomic mass is 10.1. The molecule has 64 valence electrons. The predicted octanol–water partition coefficient (Wildman–Crippen LogP) is 2.64. The van der Waals surface area contributed by atoms with Crippen molar-refractivity contribution in [1.82, 2.24) is 0 Å². The summed E-state index contributed by atoms with van der Waals surface area (Å²) >= 11 is 4.42. The number of aliphatic imine (C=N–C) groups is 1. The molecule has 0 atom stereocenters. The smallest absolute Gasteiger partial charge is 0.0295 e. The van der Waals surface area contributed by atoms with Crippen LogP contribution in [0, 0.1) is 13.8 Å². The molecular weight excluding hydrogens is 166 g/mol. The Bertz CT molecular complexity index is 316. The Morgan fingerprint density at radius 3 is 2.42 bits per heavy atom. The molecule has 0 fully saturated rings. The first-order chi connectivity index (χ1) is 5.66. The molecule has 0 aliphatic carbocycles. The first kappa shape index (κ1) is 9.33. The van der Waals surface area contributed by atoms with Gasteiger partial charge in [0.25, 0.3) is 0 Å². The van der Waals surface area contributed by atoms with Crippen LogP contribution in [0.3, 0.4) is 0 Å². The van der Waals surface area contributed by atoms with Crippen molar-refractivity contribution in [3.05, 3.63) is 28.8 Å². The van der Waals surface area contributed by atoms with Crippen molar-refractivity contribution in [2.24, 2.45) is 4.99 Å². The Kier molecular flexibility index (Phi) is 2.93. The Hall–Kier alpha value is -0.760. The number of benzene rings is 1. The van der Waals surface area contributed by atoms with Gasteiger partial charge in [0.1, 0.15) is 0 Å². The Labute approximate surface area is 78.9 Å². The molecule has 1 aromatic rings. The van der Waals surface area contributed by atoms with Gasteiger partial charge >= 0.3 is 0 Å². The minimum atomic E-state index is 1.03. The maximum Gasteiger partial charge on any atom is 0.0295 e. The third-order valence-electron chi connectivity index (χ3n) is 1.90. The quantitative estimate of drug-likeness (QED) is 0.502. The van der Waals surface area contributed by atoms with E-state index in [1.165, 1.54) is 11.1 Å². The summed E-state index contributed by atoms with van der Waals surface area (Å²) in [7, 11) is 1.77. The highest BCUT2D eigenvalue weighted by Crippen LogP contribution is 2.20. The molecule has 0 aliphatic heterocycles. The van der Waals surface area contributed by atoms with E-state index in [0.717, 1.165) is 10.5 Å². The summed E-state index contributed by atoms with van der Waals surface area (Å²) in [5.41, 5.74) is 3.54. The van der Waals surface area contributed by atoms with E-state index >= 15 is 0 Å². The molecule has 0 aliphatic rings. The Balaban J connectivity index is 3.32. The molecule has 0 unspecified atom stereocenters. The number of nitrogens with zero attached hydrogens (tertiary/aromatic N) is 1. The van der Waals surface area contributed by atoms with Crippen LogP contribution in [0.5, 0.6) is 0 Å². The van der Waals surface area contributed by atoms with Crippen molar-refractivity contribution in [2.75, 3.05) is 7.05 Å². The van der Waals surface area contributed by atoms with Crippen molar-refractivity contribution < 1.29 is 0 Å². The molecule has 0 N–H and O–H groups in total. The summed E-state index contributed by atoms with van der Waals surface area (Å²) in [6, 6.07) is 4.16. The molecule has 0 saturated heterocycles. The molecular formula is C10H13NS. The van der Waals surface area contributed by atoms with Crippen LogP contribution in [0.15, 0.2) is 22.0 Å². The number of thiol groups is 1. The predicted molar refractivity (Wildman–Crippen MR) is 56.7 cm³/mol. The zero-order valence-electron chi connectivity index (χ0n) is 7.63. The minimum absolute atomic E-state index is 1.03. The maximum absolute atomic E-state index is 4.42. The van der Waals surface area contributed by atoms with Gasteiger partial charge in [-0.15, -0.1) is 12.6 Å². The minimum Gasteiger partial charge on any atom is -0.296 e. The van der Waals surface area contributed by atoms with E-state index in [-0.39, 0.29) is 0 Å². The summed E-state index contributed by atoms with van der Waals surface area (Å²) in [5, 5.41) is 0. The molecule has 0 spiro atoms. The van der Waals surface area contributed by atoms with Crippen molar-refractivity contribution >= 4 is 18.8 Å². The molecule has 2 heteroatoms. The van der Waals surface area contributed by atoms with Gasteiger partial charge in [-0.1, -0.05) is 12.1 Å². The number of hydrogen-bond donors (Lipinski definition) is 1. The number of hydrogen-bond acceptors (Lipinski definition) is 2. The normalized spacial score (nSPS) is 11.0. The van der Waals surface area contributed by atoms with Crippen molar-refractivity contribution in [1.29, 1.82) is 0 Å². The van der Waals surface area contributed by atoms with Gasteiger partial charge in [0, 0.05) is 23.7 Å². The lowest BCUT2D eigenvalue weighted by Crippen LogP contribution is -1.91. The zero-order chi connectivity index (χ0) is 9.14. The highest BCUT2D eigenvalue weighted by atomic mass is 32.1. The van der Waals surface area contributed by atoms with Gasteiger partial charge in [-0.05, 0) is 25.0 Å². The van der Waals surface area contributed by atoms with Gasteiger partial charge in [0.2, 0.25) is 0 Å². The fourth-order valence-electron chi connectivity index (χ4n) is 1.11. The van der Waals surface area contributed by atoms with Gasteiger partial charge in [-0.3, -0.25) is 4.99 Å². The monoisotopic (exact) mass is 179 g/mol. The molecule has 12 heavy (non-hydrogen) atoms. The summed E-state index contributed by atoms with van der Waals surface area (Å²) in [4.78, 5) is 5.02. The van der Waals surface area contributed by atoms with Crippen LogP contribution in [0.4, 0.5) is 0 Å². The maximum atomic E-state index is 4.42. The fraction of sp³-hybridized carbons (Fsp3) is 0.300. The van der Waals surface area contributed by atoms with Crippen molar-refractivity contribution in [3.8, 4) is 0 Å². The molecule has 1 aromatic carbocycles. The summed E-state index contributed by atoms with van der Waals surface area (Å²) in [6.45, 7) is 4.12. The van der Waals surface area contributed by atoms with E-state index in [4.69, 9.17) is 0 Å². The number of aryl methyl sites for hydroxylation is 2. The van der Waals surface area contributed by atoms with Crippen LogP contribution in [0.1, 0.15) is 16.7 Å². The van der Waals surface area contributed by atoms with Gasteiger partial charge < -0.3 is 0 Å². The average molecular weight is 179 g/mol. The fourth-order valence-corrected chi connectivity index (χ4v) is 1.42. The second-order valence-electron chi connectivity index (χ2n) is 2.85. The molecule has 0 aromatic heterocycles. The third-order valence-corrected chi connectivity index (χ3v) is 2.49. The van der Waals surface area contributed by atoms with E-state index in [9.17, 15) is 0 Å². The average Bonchev–Trinajstić information content (AvgIpc) is 2.06. The van der Waals surface area contributed by atoms with Crippen LogP contribution < -0.4 is 0 Å². The standard InChI is InChI=1S/C10H13NS/c1-7-4-5-8(2)10(12)9(7)6-11-3/h4-6,12H,1-3H3. The molecule has 0 radical (unpaired) electrons. The van der Waals surface area contributed by atoms with Gasteiger partial charge in [0.15, 0.2) is 0 Å². The number of rotatable bonds is 1. The lowest BCUT2D eigenvalue weighted by molar-refractivity contribution is 1.25. The molecule has 0 saturated carbocycles. The lowest BCUT2D eigenvalue weighted by Gasteiger charge is -2.06. The van der Waals surface area contributed by atoms with E-state index in [0.29, 0.717) is 0 Å². The van der Waals surface area contributed by atoms with Crippen LogP contribution in [-0.2, 0) is 0 Å². The van der Waals surface area contributed by atoms with Crippen LogP contribution in [0.2, 0.25) is 0 Å². The Morgan fingerprint density at radius 1 is 1.25 bits per heavy atom. The topological polar surface area (TPSA) is 12.4 Å². The van der Waals surface area contributed by atoms with Crippen LogP contribution in [-0.4, -0.2) is 13.3 Å². The second kappa shape index (κ2) is 3.76. The van der Waals surface area contributed by atoms with E-state index in [1.807, 2.05) is 6.21 Å². The molecule has 0 amide bonds. The first-order valence-electron chi connectivity index (χ1n) is 3.88. The largest absolute Gasteiger partial charge is 0.296 e. The molecule has 0 heterocycles. The zero-order valence-corrected chi connectivity index (χ0v) is 8.52. The van der Waals surface area contributed by atoms with Gasteiger partial charge in [-0.25, -0.2) is 0 Å². The van der Waals surface area contributed by atoms with Gasteiger partial charge in [0.05, 0.1) is 0 Å². The molecule has 1 rings (SSSR count). The third kappa shape index (κ3) is 1.69. The SMILES string of the molecule is CN=Cc1c(C)ccc(C)c1S. The van der Waals surface area contributed by atoms with Crippen LogP contribution in [0.25, 0.3) is 0 Å². The summed E-state index contributed by atoms with van der Waals surface area (Å²) in [5.74, 6) is 0. The van der Waals surface area contributed by atoms with Gasteiger partial charge in [-0.2, -0.15) is 0 Å². The highest BCUT2D eigenvalue weighted by Gasteiger charge is 2.01. The van der Waals surface area contributed by atoms with E-state index in [1.54, 1.807) is 7.05 Å². The van der Waals surface area contributed by atoms with E-state index in [2.05, 4.69) is 43.6 Å². The summed E-state index contributed by atoms with van der Waals surface area (Å²) in [6.07, 6.45) is 1.85. The van der Waals surface area contributed by atoms with Crippen molar-refractivity contribution in [2.45, 2.75) is 18.7 Å². The first-order valence-corrected chi connectivity index (χ1v) is 4.33. The summed E-state index contributed by atoms with van der Waals surface area (Å²) < 4.78 is 0. The second-order valence-corrected chi connectivity index (χ2v) is 3.30. The van der Waals surface area contributed by atoms with Crippen molar-refractivity contribution in [3.63, 3.8) is 0 Å². The van der Waals surface area contributed by atoms with Crippen LogP contribution >= 0.6 is 12.6 Å². The Morgan fingerprint density at radius 2 is 1.83 bits per heavy atom. The molecule has 1 nitrogen and oxygen atoms in total. The highest BCUT2D eigenvalue weighted by molar-refractivity contribution is 7.80.